The van der Waals surface area contributed by atoms with E-state index >= 15 is 0 Å². The van der Waals surface area contributed by atoms with Gasteiger partial charge in [-0.25, -0.2) is 8.42 Å². The average Bonchev–Trinajstić information content (AvgIpc) is 3.26. The SMILES string of the molecule is O=C(NC[C@@H]1CCCO1)c1cc(S(=O)(=O)N2CCCC2)c(Cl)cc1Cl. The van der Waals surface area contributed by atoms with E-state index in [0.717, 1.165) is 25.7 Å². The molecule has 2 fully saturated rings. The molecule has 0 unspecified atom stereocenters. The molecule has 1 atom stereocenters. The highest BCUT2D eigenvalue weighted by atomic mass is 35.5. The molecule has 6 nitrogen and oxygen atoms in total. The first-order valence-corrected chi connectivity index (χ1v) is 10.5. The lowest BCUT2D eigenvalue weighted by Crippen LogP contribution is -2.32. The smallest absolute Gasteiger partial charge is 0.252 e. The maximum absolute atomic E-state index is 12.8. The van der Waals surface area contributed by atoms with Gasteiger partial charge in [0.15, 0.2) is 0 Å². The van der Waals surface area contributed by atoms with E-state index in [4.69, 9.17) is 27.9 Å². The summed E-state index contributed by atoms with van der Waals surface area (Å²) >= 11 is 12.2. The van der Waals surface area contributed by atoms with Crippen LogP contribution in [0.1, 0.15) is 36.0 Å². The molecule has 0 aromatic heterocycles. The number of rotatable bonds is 5. The van der Waals surface area contributed by atoms with Gasteiger partial charge >= 0.3 is 0 Å². The Morgan fingerprint density at radius 1 is 1.20 bits per heavy atom. The largest absolute Gasteiger partial charge is 0.376 e. The third-order valence-corrected chi connectivity index (χ3v) is 7.14. The van der Waals surface area contributed by atoms with Crippen LogP contribution in [0, 0.1) is 0 Å². The first-order valence-electron chi connectivity index (χ1n) is 8.28. The molecule has 0 spiro atoms. The first kappa shape index (κ1) is 18.9. The van der Waals surface area contributed by atoms with Crippen molar-refractivity contribution in [3.05, 3.63) is 27.7 Å². The highest BCUT2D eigenvalue weighted by Crippen LogP contribution is 2.32. The molecule has 25 heavy (non-hydrogen) atoms. The second-order valence-electron chi connectivity index (χ2n) is 6.22. The second-order valence-corrected chi connectivity index (χ2v) is 8.94. The van der Waals surface area contributed by atoms with Gasteiger partial charge in [0.05, 0.1) is 21.7 Å². The lowest BCUT2D eigenvalue weighted by atomic mass is 10.2. The number of ether oxygens (including phenoxy) is 1. The molecule has 2 saturated heterocycles. The molecule has 2 aliphatic rings. The third-order valence-electron chi connectivity index (χ3n) is 4.46. The summed E-state index contributed by atoms with van der Waals surface area (Å²) in [6.45, 7) is 1.98. The highest BCUT2D eigenvalue weighted by Gasteiger charge is 2.30. The fourth-order valence-corrected chi connectivity index (χ4v) is 5.43. The Balaban J connectivity index is 1.83. The molecule has 0 radical (unpaired) electrons. The normalized spacial score (nSPS) is 21.6. The molecule has 1 N–H and O–H groups in total. The molecule has 1 amide bonds. The Labute approximate surface area is 157 Å². The van der Waals surface area contributed by atoms with Gasteiger partial charge in [0.1, 0.15) is 4.90 Å². The molecule has 0 saturated carbocycles. The zero-order valence-corrected chi connectivity index (χ0v) is 16.0. The van der Waals surface area contributed by atoms with Crippen LogP contribution in [-0.4, -0.2) is 51.0 Å². The minimum atomic E-state index is -3.73. The van der Waals surface area contributed by atoms with Gasteiger partial charge in [0.25, 0.3) is 5.91 Å². The number of sulfonamides is 1. The van der Waals surface area contributed by atoms with E-state index in [1.165, 1.54) is 16.4 Å². The van der Waals surface area contributed by atoms with Crippen LogP contribution in [0.15, 0.2) is 17.0 Å². The maximum Gasteiger partial charge on any atom is 0.252 e. The van der Waals surface area contributed by atoms with Crippen molar-refractivity contribution in [3.8, 4) is 0 Å². The zero-order chi connectivity index (χ0) is 18.0. The van der Waals surface area contributed by atoms with Crippen LogP contribution < -0.4 is 5.32 Å². The van der Waals surface area contributed by atoms with Crippen molar-refractivity contribution < 1.29 is 17.9 Å². The van der Waals surface area contributed by atoms with Crippen LogP contribution in [-0.2, 0) is 14.8 Å². The van der Waals surface area contributed by atoms with Crippen molar-refractivity contribution in [3.63, 3.8) is 0 Å². The van der Waals surface area contributed by atoms with E-state index < -0.39 is 15.9 Å². The highest BCUT2D eigenvalue weighted by molar-refractivity contribution is 7.89. The Kier molecular flexibility index (Phi) is 5.90. The van der Waals surface area contributed by atoms with Crippen LogP contribution in [0.2, 0.25) is 10.0 Å². The Bertz CT molecular complexity index is 758. The lowest BCUT2D eigenvalue weighted by Gasteiger charge is -2.18. The molecule has 138 valence electrons. The molecule has 1 aromatic carbocycles. The van der Waals surface area contributed by atoms with Gasteiger partial charge in [0.2, 0.25) is 10.0 Å². The van der Waals surface area contributed by atoms with Crippen LogP contribution in [0.25, 0.3) is 0 Å². The Morgan fingerprint density at radius 3 is 2.56 bits per heavy atom. The number of amides is 1. The van der Waals surface area contributed by atoms with Crippen LogP contribution in [0.4, 0.5) is 0 Å². The summed E-state index contributed by atoms with van der Waals surface area (Å²) in [5, 5.41) is 2.89. The van der Waals surface area contributed by atoms with Gasteiger partial charge < -0.3 is 10.1 Å². The van der Waals surface area contributed by atoms with E-state index in [2.05, 4.69) is 5.32 Å². The summed E-state index contributed by atoms with van der Waals surface area (Å²) in [4.78, 5) is 12.4. The number of nitrogens with zero attached hydrogens (tertiary/aromatic N) is 1. The molecule has 2 heterocycles. The van der Waals surface area contributed by atoms with Crippen LogP contribution in [0.3, 0.4) is 0 Å². The predicted molar refractivity (Wildman–Crippen MR) is 95.8 cm³/mol. The van der Waals surface area contributed by atoms with Crippen LogP contribution in [0.5, 0.6) is 0 Å². The molecule has 1 aromatic rings. The molecule has 0 aliphatic carbocycles. The number of benzene rings is 1. The number of nitrogens with one attached hydrogen (secondary N) is 1. The quantitative estimate of drug-likeness (QED) is 0.815. The average molecular weight is 407 g/mol. The van der Waals surface area contributed by atoms with Crippen LogP contribution >= 0.6 is 23.2 Å². The van der Waals surface area contributed by atoms with Crippen molar-refractivity contribution in [1.29, 1.82) is 0 Å². The molecule has 0 bridgehead atoms. The summed E-state index contributed by atoms with van der Waals surface area (Å²) < 4.78 is 32.4. The van der Waals surface area contributed by atoms with E-state index in [0.29, 0.717) is 26.2 Å². The minimum absolute atomic E-state index is 0.0113. The molecular formula is C16H20Cl2N2O4S. The Morgan fingerprint density at radius 2 is 1.92 bits per heavy atom. The third kappa shape index (κ3) is 4.11. The van der Waals surface area contributed by atoms with Gasteiger partial charge in [-0.05, 0) is 37.8 Å². The number of hydrogen-bond acceptors (Lipinski definition) is 4. The molecule has 2 aliphatic heterocycles. The standard InChI is InChI=1S/C16H20Cl2N2O4S/c17-13-9-14(18)15(25(22,23)20-5-1-2-6-20)8-12(13)16(21)19-10-11-4-3-7-24-11/h8-9,11H,1-7,10H2,(H,19,21)/t11-/m0/s1. The van der Waals surface area contributed by atoms with Crippen molar-refractivity contribution in [2.75, 3.05) is 26.2 Å². The Hall–Kier alpha value is -0.860. The van der Waals surface area contributed by atoms with Crippen molar-refractivity contribution in [2.45, 2.75) is 36.7 Å². The summed E-state index contributed by atoms with van der Waals surface area (Å²) in [5.41, 5.74) is 0.0989. The van der Waals surface area contributed by atoms with E-state index in [1.807, 2.05) is 0 Å². The van der Waals surface area contributed by atoms with E-state index in [9.17, 15) is 13.2 Å². The maximum atomic E-state index is 12.8. The number of halogens is 2. The van der Waals surface area contributed by atoms with Gasteiger partial charge in [-0.15, -0.1) is 0 Å². The first-order chi connectivity index (χ1) is 11.9. The lowest BCUT2D eigenvalue weighted by molar-refractivity contribution is 0.0857. The number of carbonyl (C=O) groups excluding carboxylic acids is 1. The number of carbonyl (C=O) groups is 1. The second kappa shape index (κ2) is 7.80. The molecular weight excluding hydrogens is 387 g/mol. The fourth-order valence-electron chi connectivity index (χ4n) is 3.08. The van der Waals surface area contributed by atoms with Crippen molar-refractivity contribution >= 4 is 39.1 Å². The van der Waals surface area contributed by atoms with Gasteiger partial charge in [-0.2, -0.15) is 4.31 Å². The van der Waals surface area contributed by atoms with E-state index in [1.54, 1.807) is 0 Å². The van der Waals surface area contributed by atoms with Gasteiger partial charge in [-0.3, -0.25) is 4.79 Å². The topological polar surface area (TPSA) is 75.7 Å². The fraction of sp³-hybridized carbons (Fsp3) is 0.562. The predicted octanol–water partition coefficient (Wildman–Crippen LogP) is 2.69. The summed E-state index contributed by atoms with van der Waals surface area (Å²) in [6, 6.07) is 2.58. The zero-order valence-electron chi connectivity index (χ0n) is 13.6. The van der Waals surface area contributed by atoms with E-state index in [-0.39, 0.29) is 26.6 Å². The summed E-state index contributed by atoms with van der Waals surface area (Å²) in [5.74, 6) is -0.435. The summed E-state index contributed by atoms with van der Waals surface area (Å²) in [6.07, 6.45) is 3.49. The molecule has 3 rings (SSSR count). The van der Waals surface area contributed by atoms with Crippen molar-refractivity contribution in [1.82, 2.24) is 9.62 Å². The summed E-state index contributed by atoms with van der Waals surface area (Å²) in [7, 11) is -3.73. The monoisotopic (exact) mass is 406 g/mol. The number of hydrogen-bond donors (Lipinski definition) is 1. The van der Waals surface area contributed by atoms with Gasteiger partial charge in [0, 0.05) is 26.2 Å². The van der Waals surface area contributed by atoms with Crippen molar-refractivity contribution in [2.24, 2.45) is 0 Å². The molecule has 9 heteroatoms. The van der Waals surface area contributed by atoms with Gasteiger partial charge in [-0.1, -0.05) is 23.2 Å². The minimum Gasteiger partial charge on any atom is -0.376 e.